The number of methoxy groups -OCH3 is 1. The average Bonchev–Trinajstić information content (AvgIpc) is 2.37. The van der Waals surface area contributed by atoms with E-state index in [1.807, 2.05) is 0 Å². The highest BCUT2D eigenvalue weighted by Gasteiger charge is 2.24. The standard InChI is InChI=1S/C11H13N3O5/c1-19-8-5-13-3-2-6(8)10(16)14-7(11(17)18)4-9(12)15/h2-3,5,7H,4H2,1H3,(H2,12,15)(H,14,16)(H,17,18)/t7-/m1/s1. The van der Waals surface area contributed by atoms with Gasteiger partial charge >= 0.3 is 5.97 Å². The van der Waals surface area contributed by atoms with E-state index in [-0.39, 0.29) is 11.3 Å². The lowest BCUT2D eigenvalue weighted by Crippen LogP contribution is -2.43. The lowest BCUT2D eigenvalue weighted by atomic mass is 10.1. The molecule has 0 spiro atoms. The Bertz CT molecular complexity index is 503. The van der Waals surface area contributed by atoms with Gasteiger partial charge in [-0.2, -0.15) is 0 Å². The molecule has 1 atom stereocenters. The average molecular weight is 267 g/mol. The predicted molar refractivity (Wildman–Crippen MR) is 63.5 cm³/mol. The van der Waals surface area contributed by atoms with Crippen LogP contribution in [-0.2, 0) is 9.59 Å². The summed E-state index contributed by atoms with van der Waals surface area (Å²) >= 11 is 0. The van der Waals surface area contributed by atoms with Crippen LogP contribution < -0.4 is 15.8 Å². The summed E-state index contributed by atoms with van der Waals surface area (Å²) < 4.78 is 4.93. The van der Waals surface area contributed by atoms with Gasteiger partial charge in [0.2, 0.25) is 5.91 Å². The maximum atomic E-state index is 11.9. The van der Waals surface area contributed by atoms with Gasteiger partial charge in [0.25, 0.3) is 5.91 Å². The molecule has 19 heavy (non-hydrogen) atoms. The van der Waals surface area contributed by atoms with E-state index in [4.69, 9.17) is 15.6 Å². The Morgan fingerprint density at radius 3 is 2.74 bits per heavy atom. The number of ether oxygens (including phenoxy) is 1. The Morgan fingerprint density at radius 1 is 1.53 bits per heavy atom. The molecule has 1 aromatic heterocycles. The highest BCUT2D eigenvalue weighted by molar-refractivity contribution is 5.99. The van der Waals surface area contributed by atoms with Crippen molar-refractivity contribution >= 4 is 17.8 Å². The SMILES string of the molecule is COc1cnccc1C(=O)N[C@H](CC(N)=O)C(=O)O. The molecule has 8 nitrogen and oxygen atoms in total. The van der Waals surface area contributed by atoms with Gasteiger partial charge in [-0.05, 0) is 6.07 Å². The predicted octanol–water partition coefficient (Wildman–Crippen LogP) is -0.851. The van der Waals surface area contributed by atoms with Gasteiger partial charge in [-0.1, -0.05) is 0 Å². The van der Waals surface area contributed by atoms with Crippen LogP contribution in [0.5, 0.6) is 5.75 Å². The maximum absolute atomic E-state index is 11.9. The van der Waals surface area contributed by atoms with Gasteiger partial charge < -0.3 is 20.9 Å². The first-order valence-electron chi connectivity index (χ1n) is 5.25. The lowest BCUT2D eigenvalue weighted by molar-refractivity contribution is -0.140. The smallest absolute Gasteiger partial charge is 0.326 e. The summed E-state index contributed by atoms with van der Waals surface area (Å²) in [5.74, 6) is -2.66. The van der Waals surface area contributed by atoms with E-state index in [0.29, 0.717) is 0 Å². The largest absolute Gasteiger partial charge is 0.494 e. The van der Waals surface area contributed by atoms with Gasteiger partial charge in [-0.15, -0.1) is 0 Å². The van der Waals surface area contributed by atoms with E-state index >= 15 is 0 Å². The number of carbonyl (C=O) groups is 3. The van der Waals surface area contributed by atoms with Gasteiger partial charge in [0.15, 0.2) is 0 Å². The van der Waals surface area contributed by atoms with Crippen molar-refractivity contribution in [3.63, 3.8) is 0 Å². The van der Waals surface area contributed by atoms with Crippen molar-refractivity contribution in [2.75, 3.05) is 7.11 Å². The molecule has 102 valence electrons. The molecule has 1 rings (SSSR count). The third kappa shape index (κ3) is 3.95. The summed E-state index contributed by atoms with van der Waals surface area (Å²) in [6.45, 7) is 0. The highest BCUT2D eigenvalue weighted by Crippen LogP contribution is 2.15. The molecule has 0 fully saturated rings. The number of nitrogens with one attached hydrogen (secondary N) is 1. The number of hydrogen-bond acceptors (Lipinski definition) is 5. The van der Waals surface area contributed by atoms with Gasteiger partial charge in [0.1, 0.15) is 11.8 Å². The van der Waals surface area contributed by atoms with Crippen LogP contribution in [0.3, 0.4) is 0 Å². The number of rotatable bonds is 6. The summed E-state index contributed by atoms with van der Waals surface area (Å²) in [4.78, 5) is 37.3. The summed E-state index contributed by atoms with van der Waals surface area (Å²) in [6, 6.07) is -0.0139. The van der Waals surface area contributed by atoms with Crippen molar-refractivity contribution in [3.05, 3.63) is 24.0 Å². The minimum Gasteiger partial charge on any atom is -0.494 e. The number of nitrogens with zero attached hydrogens (tertiary/aromatic N) is 1. The monoisotopic (exact) mass is 267 g/mol. The van der Waals surface area contributed by atoms with E-state index in [1.54, 1.807) is 0 Å². The van der Waals surface area contributed by atoms with Crippen molar-refractivity contribution in [3.8, 4) is 5.75 Å². The fraction of sp³-hybridized carbons (Fsp3) is 0.273. The molecule has 0 aliphatic rings. The molecule has 0 aliphatic carbocycles. The highest BCUT2D eigenvalue weighted by atomic mass is 16.5. The van der Waals surface area contributed by atoms with Gasteiger partial charge in [0.05, 0.1) is 25.3 Å². The number of carbonyl (C=O) groups excluding carboxylic acids is 2. The molecule has 2 amide bonds. The molecular formula is C11H13N3O5. The molecule has 4 N–H and O–H groups in total. The number of hydrogen-bond donors (Lipinski definition) is 3. The number of aliphatic carboxylic acids is 1. The minimum atomic E-state index is -1.39. The number of pyridine rings is 1. The van der Waals surface area contributed by atoms with Crippen LogP contribution in [0.25, 0.3) is 0 Å². The topological polar surface area (TPSA) is 132 Å². The van der Waals surface area contributed by atoms with Crippen LogP contribution in [0, 0.1) is 0 Å². The number of nitrogens with two attached hydrogens (primary N) is 1. The number of aromatic nitrogens is 1. The van der Waals surface area contributed by atoms with Crippen molar-refractivity contribution in [1.29, 1.82) is 0 Å². The molecule has 0 saturated heterocycles. The van der Waals surface area contributed by atoms with Crippen molar-refractivity contribution < 1.29 is 24.2 Å². The van der Waals surface area contributed by atoms with Crippen LogP contribution in [0.2, 0.25) is 0 Å². The van der Waals surface area contributed by atoms with Crippen molar-refractivity contribution in [2.45, 2.75) is 12.5 Å². The molecule has 0 aromatic carbocycles. The van der Waals surface area contributed by atoms with E-state index in [2.05, 4.69) is 10.3 Å². The first kappa shape index (κ1) is 14.4. The summed E-state index contributed by atoms with van der Waals surface area (Å²) in [7, 11) is 1.35. The fourth-order valence-electron chi connectivity index (χ4n) is 1.37. The minimum absolute atomic E-state index is 0.119. The van der Waals surface area contributed by atoms with E-state index in [9.17, 15) is 14.4 Å². The normalized spacial score (nSPS) is 11.4. The van der Waals surface area contributed by atoms with Gasteiger partial charge in [-0.25, -0.2) is 4.79 Å². The maximum Gasteiger partial charge on any atom is 0.326 e. The zero-order valence-electron chi connectivity index (χ0n) is 10.1. The lowest BCUT2D eigenvalue weighted by Gasteiger charge is -2.14. The molecule has 0 saturated carbocycles. The third-order valence-electron chi connectivity index (χ3n) is 2.26. The Morgan fingerprint density at radius 2 is 2.21 bits per heavy atom. The Labute approximate surface area is 108 Å². The zero-order chi connectivity index (χ0) is 14.4. The molecule has 0 radical (unpaired) electrons. The molecule has 8 heteroatoms. The third-order valence-corrected chi connectivity index (χ3v) is 2.26. The van der Waals surface area contributed by atoms with E-state index in [1.165, 1.54) is 25.6 Å². The van der Waals surface area contributed by atoms with Crippen LogP contribution in [0.15, 0.2) is 18.5 Å². The zero-order valence-corrected chi connectivity index (χ0v) is 10.1. The second kappa shape index (κ2) is 6.34. The molecular weight excluding hydrogens is 254 g/mol. The number of carboxylic acids is 1. The van der Waals surface area contributed by atoms with Crippen molar-refractivity contribution in [1.82, 2.24) is 10.3 Å². The molecule has 0 unspecified atom stereocenters. The summed E-state index contributed by atoms with van der Waals surface area (Å²) in [6.07, 6.45) is 2.19. The Kier molecular flexibility index (Phi) is 4.81. The van der Waals surface area contributed by atoms with Gasteiger partial charge in [0, 0.05) is 6.20 Å². The van der Waals surface area contributed by atoms with Gasteiger partial charge in [-0.3, -0.25) is 14.6 Å². The fourth-order valence-corrected chi connectivity index (χ4v) is 1.37. The Balaban J connectivity index is 2.87. The molecule has 0 aliphatic heterocycles. The van der Waals surface area contributed by atoms with Crippen LogP contribution >= 0.6 is 0 Å². The van der Waals surface area contributed by atoms with E-state index < -0.39 is 30.2 Å². The van der Waals surface area contributed by atoms with Crippen LogP contribution in [0.4, 0.5) is 0 Å². The first-order chi connectivity index (χ1) is 8.95. The quantitative estimate of drug-likeness (QED) is 0.615. The summed E-state index contributed by atoms with van der Waals surface area (Å²) in [5.41, 5.74) is 5.03. The number of carboxylic acid groups (broad SMARTS) is 1. The second-order valence-electron chi connectivity index (χ2n) is 3.61. The molecule has 1 heterocycles. The molecule has 0 bridgehead atoms. The second-order valence-corrected chi connectivity index (χ2v) is 3.61. The van der Waals surface area contributed by atoms with Crippen LogP contribution in [-0.4, -0.2) is 41.0 Å². The number of amides is 2. The number of primary amides is 1. The van der Waals surface area contributed by atoms with E-state index in [0.717, 1.165) is 0 Å². The van der Waals surface area contributed by atoms with Crippen LogP contribution in [0.1, 0.15) is 16.8 Å². The first-order valence-corrected chi connectivity index (χ1v) is 5.25. The molecule has 1 aromatic rings. The Hall–Kier alpha value is -2.64. The summed E-state index contributed by atoms with van der Waals surface area (Å²) in [5, 5.41) is 11.1. The van der Waals surface area contributed by atoms with Crippen molar-refractivity contribution in [2.24, 2.45) is 5.73 Å².